The number of carbonyl (C=O) groups is 2. The maximum absolute atomic E-state index is 12.2. The molecule has 0 aliphatic carbocycles. The minimum Gasteiger partial charge on any atom is -0.480 e. The summed E-state index contributed by atoms with van der Waals surface area (Å²) >= 11 is 0. The van der Waals surface area contributed by atoms with Crippen LogP contribution in [0, 0.1) is 0 Å². The average molecular weight is 293 g/mol. The second-order valence-corrected chi connectivity index (χ2v) is 4.93. The van der Waals surface area contributed by atoms with E-state index in [9.17, 15) is 9.59 Å². The number of piperidine rings is 1. The van der Waals surface area contributed by atoms with E-state index in [-0.39, 0.29) is 12.1 Å². The molecule has 1 aliphatic rings. The molecule has 0 spiro atoms. The molecule has 4 N–H and O–H groups in total. The first kappa shape index (κ1) is 15.1. The van der Waals surface area contributed by atoms with Crippen LogP contribution in [-0.2, 0) is 4.79 Å². The average Bonchev–Trinajstić information content (AvgIpc) is 2.47. The molecule has 7 heteroatoms. The normalized spacial score (nSPS) is 15.6. The number of hydrogen-bond donors (Lipinski definition) is 3. The number of likely N-dealkylation sites (tertiary alicyclic amines) is 1. The lowest BCUT2D eigenvalue weighted by atomic mass is 10.1. The Kier molecular flexibility index (Phi) is 4.99. The lowest BCUT2D eigenvalue weighted by molar-refractivity contribution is -0.139. The van der Waals surface area contributed by atoms with Gasteiger partial charge in [-0.05, 0) is 25.0 Å². The number of amides is 2. The van der Waals surface area contributed by atoms with E-state index in [0.29, 0.717) is 24.5 Å². The first-order valence-corrected chi connectivity index (χ1v) is 6.81. The number of ether oxygens (including phenoxy) is 1. The van der Waals surface area contributed by atoms with Crippen molar-refractivity contribution in [3.05, 3.63) is 24.3 Å². The number of carbonyl (C=O) groups excluding carboxylic acids is 1. The predicted octanol–water partition coefficient (Wildman–Crippen LogP) is 1.10. The van der Waals surface area contributed by atoms with Gasteiger partial charge in [0, 0.05) is 19.1 Å². The van der Waals surface area contributed by atoms with Gasteiger partial charge < -0.3 is 25.8 Å². The zero-order valence-electron chi connectivity index (χ0n) is 11.6. The molecule has 0 atom stereocenters. The largest absolute Gasteiger partial charge is 0.480 e. The number of rotatable bonds is 4. The summed E-state index contributed by atoms with van der Waals surface area (Å²) in [5.74, 6) is -0.733. The number of hydrogen-bond acceptors (Lipinski definition) is 4. The van der Waals surface area contributed by atoms with Gasteiger partial charge >= 0.3 is 12.0 Å². The number of carboxylic acids is 1. The number of nitrogens with two attached hydrogens (primary N) is 1. The van der Waals surface area contributed by atoms with Gasteiger partial charge in [-0.3, -0.25) is 0 Å². The maximum Gasteiger partial charge on any atom is 0.341 e. The maximum atomic E-state index is 12.2. The van der Waals surface area contributed by atoms with Gasteiger partial charge in [0.1, 0.15) is 5.75 Å². The Morgan fingerprint density at radius 2 is 2.00 bits per heavy atom. The molecule has 1 saturated heterocycles. The molecule has 1 aromatic rings. The fourth-order valence-electron chi connectivity index (χ4n) is 2.13. The minimum absolute atomic E-state index is 0.153. The number of benzene rings is 1. The van der Waals surface area contributed by atoms with Crippen LogP contribution in [0.3, 0.4) is 0 Å². The highest BCUT2D eigenvalue weighted by molar-refractivity contribution is 5.91. The van der Waals surface area contributed by atoms with Crippen molar-refractivity contribution in [3.63, 3.8) is 0 Å². The van der Waals surface area contributed by atoms with E-state index in [4.69, 9.17) is 15.6 Å². The van der Waals surface area contributed by atoms with E-state index in [0.717, 1.165) is 12.8 Å². The molecule has 2 rings (SSSR count). The highest BCUT2D eigenvalue weighted by atomic mass is 16.5. The number of nitrogens with zero attached hydrogens (tertiary/aromatic N) is 1. The van der Waals surface area contributed by atoms with Crippen LogP contribution >= 0.6 is 0 Å². The van der Waals surface area contributed by atoms with Crippen LogP contribution in [0.15, 0.2) is 24.3 Å². The van der Waals surface area contributed by atoms with Crippen LogP contribution in [0.2, 0.25) is 0 Å². The first-order valence-electron chi connectivity index (χ1n) is 6.81. The zero-order valence-corrected chi connectivity index (χ0v) is 11.6. The van der Waals surface area contributed by atoms with Gasteiger partial charge in [-0.2, -0.15) is 0 Å². The van der Waals surface area contributed by atoms with Crippen molar-refractivity contribution in [1.82, 2.24) is 4.90 Å². The Hall–Kier alpha value is -2.28. The summed E-state index contributed by atoms with van der Waals surface area (Å²) in [6.07, 6.45) is 1.56. The first-order chi connectivity index (χ1) is 10.1. The van der Waals surface area contributed by atoms with Crippen molar-refractivity contribution in [3.8, 4) is 5.75 Å². The van der Waals surface area contributed by atoms with E-state index < -0.39 is 12.6 Å². The Bertz CT molecular complexity index is 513. The fraction of sp³-hybridized carbons (Fsp3) is 0.429. The summed E-state index contributed by atoms with van der Waals surface area (Å²) in [7, 11) is 0. The van der Waals surface area contributed by atoms with E-state index in [1.54, 1.807) is 29.2 Å². The number of nitrogens with one attached hydrogen (secondary N) is 1. The molecule has 0 aromatic heterocycles. The molecule has 1 fully saturated rings. The molecule has 0 bridgehead atoms. The Labute approximate surface area is 122 Å². The third-order valence-electron chi connectivity index (χ3n) is 3.31. The molecule has 7 nitrogen and oxygen atoms in total. The van der Waals surface area contributed by atoms with Crippen molar-refractivity contribution in [1.29, 1.82) is 0 Å². The van der Waals surface area contributed by atoms with Crippen molar-refractivity contribution < 1.29 is 19.4 Å². The summed E-state index contributed by atoms with van der Waals surface area (Å²) < 4.78 is 5.15. The van der Waals surface area contributed by atoms with Crippen LogP contribution in [0.4, 0.5) is 10.5 Å². The highest BCUT2D eigenvalue weighted by Gasteiger charge is 2.21. The van der Waals surface area contributed by atoms with E-state index in [2.05, 4.69) is 5.32 Å². The molecule has 1 heterocycles. The molecule has 114 valence electrons. The van der Waals surface area contributed by atoms with Crippen molar-refractivity contribution >= 4 is 17.7 Å². The molecular weight excluding hydrogens is 274 g/mol. The SMILES string of the molecule is NC1CCN(C(=O)Nc2ccccc2OCC(=O)O)CC1. The summed E-state index contributed by atoms with van der Waals surface area (Å²) in [4.78, 5) is 24.4. The van der Waals surface area contributed by atoms with Gasteiger partial charge in [0.15, 0.2) is 6.61 Å². The number of carboxylic acid groups (broad SMARTS) is 1. The molecule has 2 amide bonds. The van der Waals surface area contributed by atoms with Gasteiger partial charge in [-0.25, -0.2) is 9.59 Å². The lowest BCUT2D eigenvalue weighted by Gasteiger charge is -2.30. The second kappa shape index (κ2) is 6.94. The molecule has 21 heavy (non-hydrogen) atoms. The van der Waals surface area contributed by atoms with Crippen molar-refractivity contribution in [2.45, 2.75) is 18.9 Å². The topological polar surface area (TPSA) is 105 Å². The molecule has 0 radical (unpaired) electrons. The number of anilines is 1. The number of aliphatic carboxylic acids is 1. The lowest BCUT2D eigenvalue weighted by Crippen LogP contribution is -2.44. The Morgan fingerprint density at radius 3 is 2.67 bits per heavy atom. The second-order valence-electron chi connectivity index (χ2n) is 4.93. The Morgan fingerprint density at radius 1 is 1.33 bits per heavy atom. The zero-order chi connectivity index (χ0) is 15.2. The van der Waals surface area contributed by atoms with Crippen LogP contribution in [0.5, 0.6) is 5.75 Å². The summed E-state index contributed by atoms with van der Waals surface area (Å²) in [5, 5.41) is 11.4. The smallest absolute Gasteiger partial charge is 0.341 e. The number of urea groups is 1. The van der Waals surface area contributed by atoms with Gasteiger partial charge in [-0.15, -0.1) is 0 Å². The van der Waals surface area contributed by atoms with E-state index in [1.807, 2.05) is 0 Å². The van der Waals surface area contributed by atoms with Crippen LogP contribution in [0.1, 0.15) is 12.8 Å². The van der Waals surface area contributed by atoms with Gasteiger partial charge in [0.2, 0.25) is 0 Å². The molecular formula is C14H19N3O4. The van der Waals surface area contributed by atoms with Gasteiger partial charge in [-0.1, -0.05) is 12.1 Å². The van der Waals surface area contributed by atoms with Crippen molar-refractivity contribution in [2.24, 2.45) is 5.73 Å². The summed E-state index contributed by atoms with van der Waals surface area (Å²) in [6.45, 7) is 0.780. The minimum atomic E-state index is -1.07. The van der Waals surface area contributed by atoms with Crippen molar-refractivity contribution in [2.75, 3.05) is 25.0 Å². The van der Waals surface area contributed by atoms with E-state index in [1.165, 1.54) is 0 Å². The third kappa shape index (κ3) is 4.35. The number of para-hydroxylation sites is 2. The van der Waals surface area contributed by atoms with Crippen LogP contribution in [-0.4, -0.2) is 47.7 Å². The molecule has 1 aromatic carbocycles. The third-order valence-corrected chi connectivity index (χ3v) is 3.31. The van der Waals surface area contributed by atoms with Gasteiger partial charge in [0.25, 0.3) is 0 Å². The summed E-state index contributed by atoms with van der Waals surface area (Å²) in [5.41, 5.74) is 6.26. The predicted molar refractivity (Wildman–Crippen MR) is 77.4 cm³/mol. The molecule has 1 aliphatic heterocycles. The molecule has 0 saturated carbocycles. The fourth-order valence-corrected chi connectivity index (χ4v) is 2.13. The van der Waals surface area contributed by atoms with Crippen LogP contribution in [0.25, 0.3) is 0 Å². The van der Waals surface area contributed by atoms with Gasteiger partial charge in [0.05, 0.1) is 5.69 Å². The highest BCUT2D eigenvalue weighted by Crippen LogP contribution is 2.24. The Balaban J connectivity index is 1.98. The quantitative estimate of drug-likeness (QED) is 0.771. The standard InChI is InChI=1S/C14H19N3O4/c15-10-5-7-17(8-6-10)14(20)16-11-3-1-2-4-12(11)21-9-13(18)19/h1-4,10H,5-9,15H2,(H,16,20)(H,18,19). The van der Waals surface area contributed by atoms with E-state index >= 15 is 0 Å². The monoisotopic (exact) mass is 293 g/mol. The molecule has 0 unspecified atom stereocenters. The van der Waals surface area contributed by atoms with Crippen LogP contribution < -0.4 is 15.8 Å². The summed E-state index contributed by atoms with van der Waals surface area (Å²) in [6, 6.07) is 6.67.